The SMILES string of the molecule is CC(C)(C)c1ccc(/C=C2\SC(=O)N(CC(=O)Nc3nccs3)C2=O)cc1. The van der Waals surface area contributed by atoms with Crippen molar-refractivity contribution in [2.24, 2.45) is 0 Å². The van der Waals surface area contributed by atoms with Crippen molar-refractivity contribution in [3.8, 4) is 0 Å². The first-order valence-corrected chi connectivity index (χ1v) is 9.99. The van der Waals surface area contributed by atoms with Gasteiger partial charge in [-0.1, -0.05) is 45.0 Å². The Labute approximate surface area is 165 Å². The highest BCUT2D eigenvalue weighted by molar-refractivity contribution is 8.18. The van der Waals surface area contributed by atoms with E-state index in [2.05, 4.69) is 31.1 Å². The van der Waals surface area contributed by atoms with E-state index in [1.807, 2.05) is 24.3 Å². The summed E-state index contributed by atoms with van der Waals surface area (Å²) in [6.45, 7) is 6.06. The Hall–Kier alpha value is -2.45. The van der Waals surface area contributed by atoms with Crippen molar-refractivity contribution in [1.29, 1.82) is 0 Å². The second-order valence-electron chi connectivity index (χ2n) is 7.03. The second kappa shape index (κ2) is 7.66. The average molecular weight is 402 g/mol. The number of carbonyl (C=O) groups excluding carboxylic acids is 3. The van der Waals surface area contributed by atoms with Crippen molar-refractivity contribution in [2.45, 2.75) is 26.2 Å². The lowest BCUT2D eigenvalue weighted by Gasteiger charge is -2.18. The smallest absolute Gasteiger partial charge is 0.294 e. The minimum atomic E-state index is -0.459. The zero-order valence-electron chi connectivity index (χ0n) is 15.2. The maximum absolute atomic E-state index is 12.5. The predicted octanol–water partition coefficient (Wildman–Crippen LogP) is 4.12. The molecule has 0 bridgehead atoms. The molecule has 1 aliphatic heterocycles. The molecule has 140 valence electrons. The van der Waals surface area contributed by atoms with Crippen LogP contribution in [0.3, 0.4) is 0 Å². The molecule has 8 heteroatoms. The van der Waals surface area contributed by atoms with Gasteiger partial charge in [0.1, 0.15) is 6.54 Å². The van der Waals surface area contributed by atoms with E-state index in [-0.39, 0.29) is 12.0 Å². The molecule has 0 saturated carbocycles. The Morgan fingerprint density at radius 1 is 1.22 bits per heavy atom. The molecule has 0 radical (unpaired) electrons. The first-order chi connectivity index (χ1) is 12.7. The maximum Gasteiger partial charge on any atom is 0.294 e. The molecule has 1 aliphatic rings. The predicted molar refractivity (Wildman–Crippen MR) is 109 cm³/mol. The number of hydrogen-bond donors (Lipinski definition) is 1. The fourth-order valence-corrected chi connectivity index (χ4v) is 3.84. The van der Waals surface area contributed by atoms with Gasteiger partial charge in [-0.25, -0.2) is 4.98 Å². The minimum absolute atomic E-state index is 0.0428. The monoisotopic (exact) mass is 401 g/mol. The van der Waals surface area contributed by atoms with E-state index in [1.165, 1.54) is 16.9 Å². The summed E-state index contributed by atoms with van der Waals surface area (Å²) in [4.78, 5) is 41.9. The van der Waals surface area contributed by atoms with Gasteiger partial charge in [0.05, 0.1) is 4.91 Å². The number of thioether (sulfide) groups is 1. The molecule has 27 heavy (non-hydrogen) atoms. The molecule has 3 rings (SSSR count). The van der Waals surface area contributed by atoms with Gasteiger partial charge in [-0.05, 0) is 34.4 Å². The van der Waals surface area contributed by atoms with Gasteiger partial charge in [0, 0.05) is 11.6 Å². The lowest BCUT2D eigenvalue weighted by molar-refractivity contribution is -0.127. The number of nitrogens with zero attached hydrogens (tertiary/aromatic N) is 2. The third kappa shape index (κ3) is 4.64. The van der Waals surface area contributed by atoms with Crippen LogP contribution < -0.4 is 5.32 Å². The van der Waals surface area contributed by atoms with E-state index >= 15 is 0 Å². The summed E-state index contributed by atoms with van der Waals surface area (Å²) in [7, 11) is 0. The lowest BCUT2D eigenvalue weighted by atomic mass is 9.87. The fourth-order valence-electron chi connectivity index (χ4n) is 2.45. The van der Waals surface area contributed by atoms with E-state index in [0.29, 0.717) is 10.0 Å². The summed E-state index contributed by atoms with van der Waals surface area (Å²) >= 11 is 2.11. The molecule has 3 amide bonds. The van der Waals surface area contributed by atoms with E-state index in [1.54, 1.807) is 17.7 Å². The summed E-state index contributed by atoms with van der Waals surface area (Å²) in [5.41, 5.74) is 2.06. The van der Waals surface area contributed by atoms with E-state index in [4.69, 9.17) is 0 Å². The largest absolute Gasteiger partial charge is 0.300 e. The Balaban J connectivity index is 1.69. The molecule has 2 aromatic rings. The summed E-state index contributed by atoms with van der Waals surface area (Å²) < 4.78 is 0. The van der Waals surface area contributed by atoms with E-state index in [0.717, 1.165) is 22.2 Å². The molecule has 1 fully saturated rings. The number of anilines is 1. The molecule has 0 spiro atoms. The van der Waals surface area contributed by atoms with Crippen molar-refractivity contribution >= 4 is 51.4 Å². The Bertz CT molecular complexity index is 897. The first-order valence-electron chi connectivity index (χ1n) is 8.29. The van der Waals surface area contributed by atoms with Crippen molar-refractivity contribution < 1.29 is 14.4 Å². The second-order valence-corrected chi connectivity index (χ2v) is 8.91. The number of benzene rings is 1. The van der Waals surface area contributed by atoms with Gasteiger partial charge in [-0.2, -0.15) is 0 Å². The molecule has 0 unspecified atom stereocenters. The number of imide groups is 1. The van der Waals surface area contributed by atoms with Crippen LogP contribution >= 0.6 is 23.1 Å². The molecule has 0 atom stereocenters. The molecular formula is C19H19N3O3S2. The van der Waals surface area contributed by atoms with Crippen molar-refractivity contribution in [3.05, 3.63) is 51.9 Å². The van der Waals surface area contributed by atoms with Crippen LogP contribution in [0.2, 0.25) is 0 Å². The zero-order chi connectivity index (χ0) is 19.6. The number of aromatic nitrogens is 1. The third-order valence-corrected chi connectivity index (χ3v) is 5.52. The topological polar surface area (TPSA) is 79.4 Å². The number of amides is 3. The van der Waals surface area contributed by atoms with Gasteiger partial charge in [0.15, 0.2) is 5.13 Å². The van der Waals surface area contributed by atoms with Gasteiger partial charge < -0.3 is 5.32 Å². The van der Waals surface area contributed by atoms with Gasteiger partial charge >= 0.3 is 0 Å². The first kappa shape index (κ1) is 19.3. The summed E-state index contributed by atoms with van der Waals surface area (Å²) in [6, 6.07) is 7.86. The number of nitrogens with one attached hydrogen (secondary N) is 1. The van der Waals surface area contributed by atoms with Crippen molar-refractivity contribution in [1.82, 2.24) is 9.88 Å². The van der Waals surface area contributed by atoms with E-state index in [9.17, 15) is 14.4 Å². The Morgan fingerprint density at radius 2 is 1.93 bits per heavy atom. The summed E-state index contributed by atoms with van der Waals surface area (Å²) in [5.74, 6) is -0.915. The quantitative estimate of drug-likeness (QED) is 0.780. The number of hydrogen-bond acceptors (Lipinski definition) is 6. The van der Waals surface area contributed by atoms with Gasteiger partial charge in [-0.15, -0.1) is 11.3 Å². The van der Waals surface area contributed by atoms with Crippen LogP contribution in [0.5, 0.6) is 0 Å². The fraction of sp³-hybridized carbons (Fsp3) is 0.263. The summed E-state index contributed by atoms with van der Waals surface area (Å²) in [5, 5.41) is 4.27. The number of carbonyl (C=O) groups is 3. The lowest BCUT2D eigenvalue weighted by Crippen LogP contribution is -2.36. The van der Waals surface area contributed by atoms with Gasteiger partial charge in [0.25, 0.3) is 11.1 Å². The molecular weight excluding hydrogens is 382 g/mol. The molecule has 1 N–H and O–H groups in total. The Morgan fingerprint density at radius 3 is 2.52 bits per heavy atom. The van der Waals surface area contributed by atoms with Crippen LogP contribution in [0.25, 0.3) is 6.08 Å². The van der Waals surface area contributed by atoms with Crippen LogP contribution in [0.15, 0.2) is 40.7 Å². The van der Waals surface area contributed by atoms with Gasteiger partial charge in [0.2, 0.25) is 5.91 Å². The standard InChI is InChI=1S/C19H19N3O3S2/c1-19(2,3)13-6-4-12(5-7-13)10-14-16(24)22(18(25)27-14)11-15(23)21-17-20-8-9-26-17/h4-10H,11H2,1-3H3,(H,20,21,23)/b14-10-. The molecule has 0 aliphatic carbocycles. The number of rotatable bonds is 4. The molecule has 2 heterocycles. The van der Waals surface area contributed by atoms with Crippen molar-refractivity contribution in [2.75, 3.05) is 11.9 Å². The van der Waals surface area contributed by atoms with Crippen molar-refractivity contribution in [3.63, 3.8) is 0 Å². The molecule has 1 aromatic carbocycles. The molecule has 6 nitrogen and oxygen atoms in total. The summed E-state index contributed by atoms with van der Waals surface area (Å²) in [6.07, 6.45) is 3.24. The van der Waals surface area contributed by atoms with Crippen LogP contribution in [-0.4, -0.2) is 33.5 Å². The zero-order valence-corrected chi connectivity index (χ0v) is 16.8. The van der Waals surface area contributed by atoms with Crippen LogP contribution in [0, 0.1) is 0 Å². The highest BCUT2D eigenvalue weighted by Gasteiger charge is 2.36. The highest BCUT2D eigenvalue weighted by Crippen LogP contribution is 2.32. The highest BCUT2D eigenvalue weighted by atomic mass is 32.2. The average Bonchev–Trinajstić information content (AvgIpc) is 3.19. The molecule has 1 aromatic heterocycles. The normalized spacial score (nSPS) is 16.3. The van der Waals surface area contributed by atoms with Crippen LogP contribution in [-0.2, 0) is 15.0 Å². The maximum atomic E-state index is 12.5. The van der Waals surface area contributed by atoms with Gasteiger partial charge in [-0.3, -0.25) is 19.3 Å². The Kier molecular flexibility index (Phi) is 5.48. The minimum Gasteiger partial charge on any atom is -0.300 e. The third-order valence-electron chi connectivity index (χ3n) is 3.93. The number of thiazole rings is 1. The van der Waals surface area contributed by atoms with Crippen LogP contribution in [0.1, 0.15) is 31.9 Å². The van der Waals surface area contributed by atoms with Crippen LogP contribution in [0.4, 0.5) is 9.93 Å². The molecule has 1 saturated heterocycles. The van der Waals surface area contributed by atoms with E-state index < -0.39 is 17.1 Å².